The molecule has 3 aliphatic rings. The summed E-state index contributed by atoms with van der Waals surface area (Å²) in [6.45, 7) is 3.98. The molecule has 142 valence electrons. The number of piperidine rings is 2. The summed E-state index contributed by atoms with van der Waals surface area (Å²) in [4.78, 5) is 21.3. The van der Waals surface area contributed by atoms with Gasteiger partial charge in [0.15, 0.2) is 0 Å². The first-order chi connectivity index (χ1) is 12.6. The Hall–Kier alpha value is -1.66. The summed E-state index contributed by atoms with van der Waals surface area (Å²) in [6, 6.07) is 3.93. The van der Waals surface area contributed by atoms with Crippen LogP contribution in [0, 0.1) is 5.92 Å². The summed E-state index contributed by atoms with van der Waals surface area (Å²) < 4.78 is 0. The van der Waals surface area contributed by atoms with Crippen LogP contribution in [0.15, 0.2) is 18.3 Å². The number of hydrogen-bond acceptors (Lipinski definition) is 5. The first-order valence-electron chi connectivity index (χ1n) is 10.1. The van der Waals surface area contributed by atoms with Gasteiger partial charge >= 0.3 is 0 Å². The largest absolute Gasteiger partial charge is 0.388 e. The predicted octanol–water partition coefficient (Wildman–Crippen LogP) is 2.25. The smallest absolute Gasteiger partial charge is 0.238 e. The summed E-state index contributed by atoms with van der Waals surface area (Å²) in [5.41, 5.74) is 0.168. The fraction of sp³-hybridized carbons (Fsp3) is 0.700. The molecule has 2 saturated heterocycles. The summed E-state index contributed by atoms with van der Waals surface area (Å²) in [5, 5.41) is 13.7. The molecular weight excluding hydrogens is 328 g/mol. The van der Waals surface area contributed by atoms with Crippen molar-refractivity contribution in [2.24, 2.45) is 5.92 Å². The van der Waals surface area contributed by atoms with Crippen molar-refractivity contribution in [2.75, 3.05) is 42.9 Å². The molecule has 2 aliphatic heterocycles. The molecule has 1 aromatic rings. The number of carbonyl (C=O) groups excluding carboxylic acids is 1. The third kappa shape index (κ3) is 4.18. The Balaban J connectivity index is 1.29. The average Bonchev–Trinajstić information content (AvgIpc) is 3.49. The lowest BCUT2D eigenvalue weighted by Gasteiger charge is -2.39. The quantitative estimate of drug-likeness (QED) is 0.845. The van der Waals surface area contributed by atoms with Gasteiger partial charge in [0.05, 0.1) is 24.0 Å². The highest BCUT2D eigenvalue weighted by molar-refractivity contribution is 5.92. The Bertz CT molecular complexity index is 625. The van der Waals surface area contributed by atoms with Gasteiger partial charge in [-0.2, -0.15) is 0 Å². The molecule has 1 amide bonds. The molecule has 26 heavy (non-hydrogen) atoms. The minimum Gasteiger partial charge on any atom is -0.388 e. The predicted molar refractivity (Wildman–Crippen MR) is 102 cm³/mol. The number of nitrogens with zero attached hydrogens (tertiary/aromatic N) is 3. The highest BCUT2D eigenvalue weighted by atomic mass is 16.3. The van der Waals surface area contributed by atoms with E-state index in [0.717, 1.165) is 56.8 Å². The molecule has 0 spiro atoms. The number of β-amino-alcohol motifs (C(OH)–C–C–N with tert-alkyl or cyclic N) is 1. The lowest BCUT2D eigenvalue weighted by atomic mass is 9.88. The van der Waals surface area contributed by atoms with Crippen LogP contribution in [0.1, 0.15) is 44.9 Å². The van der Waals surface area contributed by atoms with Gasteiger partial charge in [-0.05, 0) is 69.5 Å². The second-order valence-electron chi connectivity index (χ2n) is 8.19. The highest BCUT2D eigenvalue weighted by Crippen LogP contribution is 2.44. The van der Waals surface area contributed by atoms with E-state index < -0.39 is 5.60 Å². The molecule has 0 radical (unpaired) electrons. The maximum atomic E-state index is 12.4. The average molecular weight is 358 g/mol. The number of pyridine rings is 1. The zero-order valence-corrected chi connectivity index (χ0v) is 15.5. The monoisotopic (exact) mass is 358 g/mol. The molecule has 2 N–H and O–H groups in total. The third-order valence-corrected chi connectivity index (χ3v) is 6.00. The molecule has 1 saturated carbocycles. The summed E-state index contributed by atoms with van der Waals surface area (Å²) in [7, 11) is 0. The van der Waals surface area contributed by atoms with Gasteiger partial charge in [-0.3, -0.25) is 9.69 Å². The molecule has 1 atom stereocenters. The van der Waals surface area contributed by atoms with Crippen LogP contribution in [0.4, 0.5) is 11.5 Å². The molecule has 6 nitrogen and oxygen atoms in total. The van der Waals surface area contributed by atoms with Crippen molar-refractivity contribution in [3.63, 3.8) is 0 Å². The summed E-state index contributed by atoms with van der Waals surface area (Å²) in [5.74, 6) is 1.41. The van der Waals surface area contributed by atoms with Crippen LogP contribution in [-0.4, -0.2) is 59.2 Å². The SMILES string of the molecule is O=C(CN1CCCC(O)(C2CC2)C1)Nc1ccc(N2CCCCC2)nc1. The van der Waals surface area contributed by atoms with Gasteiger partial charge in [-0.25, -0.2) is 4.98 Å². The van der Waals surface area contributed by atoms with Gasteiger partial charge in [-0.15, -0.1) is 0 Å². The van der Waals surface area contributed by atoms with Crippen molar-refractivity contribution in [2.45, 2.75) is 50.5 Å². The van der Waals surface area contributed by atoms with Crippen molar-refractivity contribution in [1.29, 1.82) is 0 Å². The van der Waals surface area contributed by atoms with Crippen molar-refractivity contribution in [3.8, 4) is 0 Å². The second-order valence-corrected chi connectivity index (χ2v) is 8.19. The molecule has 1 unspecified atom stereocenters. The van der Waals surface area contributed by atoms with Crippen LogP contribution in [-0.2, 0) is 4.79 Å². The molecule has 3 heterocycles. The number of aromatic nitrogens is 1. The number of amides is 1. The molecular formula is C20H30N4O2. The number of carbonyl (C=O) groups is 1. The zero-order chi connectivity index (χ0) is 18.0. The summed E-state index contributed by atoms with van der Waals surface area (Å²) >= 11 is 0. The lowest BCUT2D eigenvalue weighted by Crippen LogP contribution is -2.51. The fourth-order valence-electron chi connectivity index (χ4n) is 4.42. The number of hydrogen-bond donors (Lipinski definition) is 2. The van der Waals surface area contributed by atoms with Crippen LogP contribution in [0.3, 0.4) is 0 Å². The standard InChI is InChI=1S/C20H30N4O2/c25-19(14-23-10-4-9-20(26,15-23)16-5-6-16)22-17-7-8-18(21-13-17)24-11-2-1-3-12-24/h7-8,13,16,26H,1-6,9-12,14-15H2,(H,22,25). The van der Waals surface area contributed by atoms with E-state index >= 15 is 0 Å². The summed E-state index contributed by atoms with van der Waals surface area (Å²) in [6.07, 6.45) is 9.60. The number of aliphatic hydroxyl groups is 1. The molecule has 1 aromatic heterocycles. The maximum absolute atomic E-state index is 12.4. The van der Waals surface area contributed by atoms with E-state index in [-0.39, 0.29) is 5.91 Å². The van der Waals surface area contributed by atoms with Crippen molar-refractivity contribution in [1.82, 2.24) is 9.88 Å². The van der Waals surface area contributed by atoms with E-state index in [2.05, 4.69) is 20.1 Å². The second kappa shape index (κ2) is 7.53. The van der Waals surface area contributed by atoms with E-state index in [4.69, 9.17) is 0 Å². The Labute approximate surface area is 155 Å². The molecule has 4 rings (SSSR count). The first-order valence-corrected chi connectivity index (χ1v) is 10.1. The van der Waals surface area contributed by atoms with E-state index in [1.807, 2.05) is 12.1 Å². The Morgan fingerprint density at radius 2 is 2.00 bits per heavy atom. The lowest BCUT2D eigenvalue weighted by molar-refractivity contribution is -0.119. The molecule has 3 fully saturated rings. The van der Waals surface area contributed by atoms with Crippen molar-refractivity contribution >= 4 is 17.4 Å². The normalized spacial score (nSPS) is 27.3. The van der Waals surface area contributed by atoms with Crippen LogP contribution in [0.25, 0.3) is 0 Å². The zero-order valence-electron chi connectivity index (χ0n) is 15.5. The van der Waals surface area contributed by atoms with Crippen LogP contribution >= 0.6 is 0 Å². The van der Waals surface area contributed by atoms with Crippen LogP contribution in [0.5, 0.6) is 0 Å². The maximum Gasteiger partial charge on any atom is 0.238 e. The number of rotatable bonds is 5. The van der Waals surface area contributed by atoms with Crippen molar-refractivity contribution in [3.05, 3.63) is 18.3 Å². The molecule has 1 aliphatic carbocycles. The third-order valence-electron chi connectivity index (χ3n) is 6.00. The number of likely N-dealkylation sites (tertiary alicyclic amines) is 1. The highest BCUT2D eigenvalue weighted by Gasteiger charge is 2.46. The fourth-order valence-corrected chi connectivity index (χ4v) is 4.42. The molecule has 6 heteroatoms. The van der Waals surface area contributed by atoms with Crippen molar-refractivity contribution < 1.29 is 9.90 Å². The topological polar surface area (TPSA) is 68.7 Å². The van der Waals surface area contributed by atoms with E-state index in [1.54, 1.807) is 6.20 Å². The van der Waals surface area contributed by atoms with Gasteiger partial charge in [0, 0.05) is 19.6 Å². The Morgan fingerprint density at radius 3 is 2.69 bits per heavy atom. The number of nitrogens with one attached hydrogen (secondary N) is 1. The first kappa shape index (κ1) is 17.7. The Kier molecular flexibility index (Phi) is 5.14. The number of anilines is 2. The van der Waals surface area contributed by atoms with Crippen LogP contribution < -0.4 is 10.2 Å². The Morgan fingerprint density at radius 1 is 1.19 bits per heavy atom. The minimum absolute atomic E-state index is 0.0300. The molecule has 0 aromatic carbocycles. The minimum atomic E-state index is -0.573. The van der Waals surface area contributed by atoms with Gasteiger partial charge in [-0.1, -0.05) is 0 Å². The van der Waals surface area contributed by atoms with E-state index in [1.165, 1.54) is 19.3 Å². The van der Waals surface area contributed by atoms with Gasteiger partial charge < -0.3 is 15.3 Å². The van der Waals surface area contributed by atoms with Gasteiger partial charge in [0.1, 0.15) is 5.82 Å². The molecule has 0 bridgehead atoms. The van der Waals surface area contributed by atoms with E-state index in [9.17, 15) is 9.90 Å². The van der Waals surface area contributed by atoms with Gasteiger partial charge in [0.25, 0.3) is 0 Å². The van der Waals surface area contributed by atoms with Gasteiger partial charge in [0.2, 0.25) is 5.91 Å². The van der Waals surface area contributed by atoms with Crippen LogP contribution in [0.2, 0.25) is 0 Å². The van der Waals surface area contributed by atoms with E-state index in [0.29, 0.717) is 19.0 Å².